The van der Waals surface area contributed by atoms with Crippen LogP contribution < -0.4 is 10.2 Å². The third kappa shape index (κ3) is 3.69. The Morgan fingerprint density at radius 2 is 1.61 bits per heavy atom. The van der Waals surface area contributed by atoms with Crippen molar-refractivity contribution < 1.29 is 17.7 Å². The van der Waals surface area contributed by atoms with E-state index in [1.54, 1.807) is 0 Å². The van der Waals surface area contributed by atoms with Crippen LogP contribution in [0.2, 0.25) is 0 Å². The molecule has 0 atom stereocenters. The Labute approximate surface area is 105 Å². The standard InChI is InChI=1S/C13H17BF3O/c15-14(16,17)12-6-8-13(9-7-12)18-10-11-4-2-1-3-5-11/h6-9,11H,1-5,10H2/q-1. The lowest BCUT2D eigenvalue weighted by Crippen LogP contribution is -2.33. The van der Waals surface area contributed by atoms with Crippen LogP contribution >= 0.6 is 0 Å². The van der Waals surface area contributed by atoms with Crippen LogP contribution in [0.1, 0.15) is 32.1 Å². The van der Waals surface area contributed by atoms with Gasteiger partial charge in [0, 0.05) is 0 Å². The molecule has 5 heteroatoms. The lowest BCUT2D eigenvalue weighted by molar-refractivity contribution is 0.209. The molecule has 0 aliphatic heterocycles. The maximum absolute atomic E-state index is 12.4. The highest BCUT2D eigenvalue weighted by Gasteiger charge is 2.25. The zero-order chi connectivity index (χ0) is 13.0. The molecule has 1 saturated carbocycles. The minimum atomic E-state index is -4.90. The van der Waals surface area contributed by atoms with Crippen molar-refractivity contribution in [1.82, 2.24) is 0 Å². The zero-order valence-electron chi connectivity index (χ0n) is 10.2. The molecule has 0 spiro atoms. The van der Waals surface area contributed by atoms with Crippen molar-refractivity contribution in [3.05, 3.63) is 24.3 Å². The molecule has 0 radical (unpaired) electrons. The molecular weight excluding hydrogens is 240 g/mol. The van der Waals surface area contributed by atoms with E-state index in [4.69, 9.17) is 4.74 Å². The molecule has 0 amide bonds. The number of rotatable bonds is 4. The van der Waals surface area contributed by atoms with E-state index in [-0.39, 0.29) is 0 Å². The molecule has 0 saturated heterocycles. The van der Waals surface area contributed by atoms with E-state index in [0.29, 0.717) is 18.3 Å². The maximum atomic E-state index is 12.4. The molecule has 1 aliphatic rings. The van der Waals surface area contributed by atoms with Crippen molar-refractivity contribution in [3.63, 3.8) is 0 Å². The first-order chi connectivity index (χ1) is 8.55. The van der Waals surface area contributed by atoms with Crippen molar-refractivity contribution in [2.24, 2.45) is 5.92 Å². The Morgan fingerprint density at radius 1 is 1.00 bits per heavy atom. The van der Waals surface area contributed by atoms with Gasteiger partial charge >= 0.3 is 6.98 Å². The minimum Gasteiger partial charge on any atom is -0.493 e. The van der Waals surface area contributed by atoms with Gasteiger partial charge in [-0.15, -0.1) is 5.46 Å². The number of ether oxygens (including phenoxy) is 1. The molecule has 100 valence electrons. The molecule has 1 aromatic rings. The Bertz CT molecular complexity index is 369. The van der Waals surface area contributed by atoms with Gasteiger partial charge in [-0.1, -0.05) is 31.4 Å². The van der Waals surface area contributed by atoms with Gasteiger partial charge in [-0.25, -0.2) is 0 Å². The van der Waals surface area contributed by atoms with Crippen LogP contribution in [0.15, 0.2) is 24.3 Å². The minimum absolute atomic E-state index is 0.532. The summed E-state index contributed by atoms with van der Waals surface area (Å²) in [5.41, 5.74) is -0.569. The van der Waals surface area contributed by atoms with Crippen molar-refractivity contribution in [1.29, 1.82) is 0 Å². The molecule has 0 aromatic heterocycles. The van der Waals surface area contributed by atoms with Gasteiger partial charge in [0.25, 0.3) is 0 Å². The van der Waals surface area contributed by atoms with Gasteiger partial charge in [0.1, 0.15) is 5.75 Å². The number of hydrogen-bond acceptors (Lipinski definition) is 1. The highest BCUT2D eigenvalue weighted by Crippen LogP contribution is 2.24. The van der Waals surface area contributed by atoms with Crippen molar-refractivity contribution in [2.75, 3.05) is 6.61 Å². The topological polar surface area (TPSA) is 9.23 Å². The first-order valence-electron chi connectivity index (χ1n) is 6.48. The third-order valence-corrected chi connectivity index (χ3v) is 3.47. The van der Waals surface area contributed by atoms with Crippen LogP contribution in [0.3, 0.4) is 0 Å². The quantitative estimate of drug-likeness (QED) is 0.747. The Hall–Kier alpha value is -1.13. The molecule has 0 N–H and O–H groups in total. The molecule has 0 bridgehead atoms. The SMILES string of the molecule is F[B-](F)(F)c1ccc(OCC2CCCCC2)cc1. The normalized spacial score (nSPS) is 17.7. The van der Waals surface area contributed by atoms with Gasteiger partial charge in [0.05, 0.1) is 6.61 Å². The average molecular weight is 257 g/mol. The molecule has 18 heavy (non-hydrogen) atoms. The van der Waals surface area contributed by atoms with E-state index >= 15 is 0 Å². The second-order valence-corrected chi connectivity index (χ2v) is 4.96. The molecule has 0 unspecified atom stereocenters. The Morgan fingerprint density at radius 3 is 2.17 bits per heavy atom. The molecule has 1 aromatic carbocycles. The summed E-state index contributed by atoms with van der Waals surface area (Å²) in [7, 11) is 0. The number of benzene rings is 1. The van der Waals surface area contributed by atoms with E-state index in [2.05, 4.69) is 0 Å². The first kappa shape index (κ1) is 13.3. The summed E-state index contributed by atoms with van der Waals surface area (Å²) >= 11 is 0. The van der Waals surface area contributed by atoms with E-state index in [9.17, 15) is 12.9 Å². The number of halogens is 3. The van der Waals surface area contributed by atoms with Crippen molar-refractivity contribution in [3.8, 4) is 5.75 Å². The van der Waals surface area contributed by atoms with E-state index in [0.717, 1.165) is 12.1 Å². The Kier molecular flexibility index (Phi) is 4.20. The van der Waals surface area contributed by atoms with Crippen LogP contribution in [-0.4, -0.2) is 13.6 Å². The van der Waals surface area contributed by atoms with Crippen LogP contribution in [0, 0.1) is 5.92 Å². The summed E-state index contributed by atoms with van der Waals surface area (Å²) in [5, 5.41) is 0. The van der Waals surface area contributed by atoms with Crippen LogP contribution in [0.5, 0.6) is 5.75 Å². The second-order valence-electron chi connectivity index (χ2n) is 4.96. The molecule has 2 rings (SSSR count). The zero-order valence-corrected chi connectivity index (χ0v) is 10.2. The fraction of sp³-hybridized carbons (Fsp3) is 0.538. The van der Waals surface area contributed by atoms with Crippen LogP contribution in [0.25, 0.3) is 0 Å². The predicted octanol–water partition coefficient (Wildman–Crippen LogP) is 3.70. The Balaban J connectivity index is 1.86. The maximum Gasteiger partial charge on any atom is 0.509 e. The number of hydrogen-bond donors (Lipinski definition) is 0. The second kappa shape index (κ2) is 5.68. The summed E-state index contributed by atoms with van der Waals surface area (Å²) in [6, 6.07) is 5.01. The average Bonchev–Trinajstić information content (AvgIpc) is 2.37. The highest BCUT2D eigenvalue weighted by molar-refractivity contribution is 6.73. The molecular formula is C13H17BF3O-. The molecule has 1 fully saturated rings. The van der Waals surface area contributed by atoms with Gasteiger partial charge in [-0.05, 0) is 30.9 Å². The summed E-state index contributed by atoms with van der Waals surface area (Å²) in [6.07, 6.45) is 6.11. The van der Waals surface area contributed by atoms with E-state index in [1.807, 2.05) is 0 Å². The third-order valence-electron chi connectivity index (χ3n) is 3.47. The largest absolute Gasteiger partial charge is 0.509 e. The van der Waals surface area contributed by atoms with Gasteiger partial charge in [-0.2, -0.15) is 0 Å². The van der Waals surface area contributed by atoms with E-state index < -0.39 is 12.4 Å². The van der Waals surface area contributed by atoms with Gasteiger partial charge < -0.3 is 17.7 Å². The fourth-order valence-electron chi connectivity index (χ4n) is 2.35. The fourth-order valence-corrected chi connectivity index (χ4v) is 2.35. The summed E-state index contributed by atoms with van der Waals surface area (Å²) in [4.78, 5) is 0. The molecule has 1 nitrogen and oxygen atoms in total. The van der Waals surface area contributed by atoms with Crippen molar-refractivity contribution >= 4 is 12.4 Å². The molecule has 1 aliphatic carbocycles. The summed E-state index contributed by atoms with van der Waals surface area (Å²) in [5.74, 6) is 1.09. The lowest BCUT2D eigenvalue weighted by Gasteiger charge is -2.22. The highest BCUT2D eigenvalue weighted by atomic mass is 19.4. The van der Waals surface area contributed by atoms with Crippen molar-refractivity contribution in [2.45, 2.75) is 32.1 Å². The van der Waals surface area contributed by atoms with Crippen LogP contribution in [-0.2, 0) is 0 Å². The van der Waals surface area contributed by atoms with E-state index in [1.165, 1.54) is 44.2 Å². The van der Waals surface area contributed by atoms with Gasteiger partial charge in [0.2, 0.25) is 0 Å². The smallest absolute Gasteiger partial charge is 0.493 e. The van der Waals surface area contributed by atoms with Gasteiger partial charge in [0.15, 0.2) is 0 Å². The monoisotopic (exact) mass is 257 g/mol. The summed E-state index contributed by atoms with van der Waals surface area (Å²) in [6.45, 7) is -4.28. The lowest BCUT2D eigenvalue weighted by atomic mass is 9.80. The molecule has 0 heterocycles. The van der Waals surface area contributed by atoms with Crippen LogP contribution in [0.4, 0.5) is 12.9 Å². The summed E-state index contributed by atoms with van der Waals surface area (Å²) < 4.78 is 42.8. The predicted molar refractivity (Wildman–Crippen MR) is 67.2 cm³/mol. The first-order valence-corrected chi connectivity index (χ1v) is 6.48. The van der Waals surface area contributed by atoms with Gasteiger partial charge in [-0.3, -0.25) is 0 Å².